The Morgan fingerprint density at radius 3 is 2.58 bits per heavy atom. The van der Waals surface area contributed by atoms with E-state index in [0.717, 1.165) is 11.3 Å². The second kappa shape index (κ2) is 6.84. The third-order valence-electron chi connectivity index (χ3n) is 3.40. The molecule has 0 fully saturated rings. The Balaban J connectivity index is 1.75. The molecule has 0 saturated heterocycles. The minimum absolute atomic E-state index is 0.364. The molecule has 0 radical (unpaired) electrons. The Hall–Kier alpha value is -3.33. The number of aromatic nitrogens is 2. The number of nitrogens with zero attached hydrogens (tertiary/aromatic N) is 3. The van der Waals surface area contributed by atoms with Crippen LogP contribution in [0.3, 0.4) is 0 Å². The van der Waals surface area contributed by atoms with E-state index in [1.165, 1.54) is 0 Å². The van der Waals surface area contributed by atoms with Crippen LogP contribution < -0.4 is 9.47 Å². The first kappa shape index (κ1) is 15.6. The maximum absolute atomic E-state index is 8.92. The largest absolute Gasteiger partial charge is 0.497 e. The van der Waals surface area contributed by atoms with Crippen molar-refractivity contribution in [3.63, 3.8) is 0 Å². The van der Waals surface area contributed by atoms with E-state index in [1.54, 1.807) is 31.4 Å². The fourth-order valence-corrected chi connectivity index (χ4v) is 2.14. The summed E-state index contributed by atoms with van der Waals surface area (Å²) in [6.45, 7) is 1.81. The van der Waals surface area contributed by atoms with Crippen LogP contribution in [0.2, 0.25) is 0 Å². The molecule has 120 valence electrons. The number of ether oxygens (including phenoxy) is 2. The normalized spacial score (nSPS) is 11.5. The van der Waals surface area contributed by atoms with E-state index in [1.807, 2.05) is 31.2 Å². The zero-order chi connectivity index (χ0) is 16.9. The van der Waals surface area contributed by atoms with E-state index in [-0.39, 0.29) is 0 Å². The van der Waals surface area contributed by atoms with E-state index in [0.29, 0.717) is 23.1 Å². The maximum Gasteiger partial charge on any atom is 0.257 e. The topological polar surface area (TPSA) is 81.2 Å². The van der Waals surface area contributed by atoms with Crippen molar-refractivity contribution in [1.82, 2.24) is 10.2 Å². The fourth-order valence-electron chi connectivity index (χ4n) is 2.14. The number of methoxy groups -OCH3 is 1. The third kappa shape index (κ3) is 3.36. The summed E-state index contributed by atoms with van der Waals surface area (Å²) in [7, 11) is 1.61. The van der Waals surface area contributed by atoms with Gasteiger partial charge >= 0.3 is 0 Å². The van der Waals surface area contributed by atoms with E-state index >= 15 is 0 Å². The molecule has 0 aliphatic carbocycles. The van der Waals surface area contributed by atoms with Crippen LogP contribution in [0.4, 0.5) is 0 Å². The Kier molecular flexibility index (Phi) is 4.43. The molecule has 2 aromatic carbocycles. The van der Waals surface area contributed by atoms with Crippen molar-refractivity contribution in [2.24, 2.45) is 0 Å². The van der Waals surface area contributed by atoms with E-state index in [4.69, 9.17) is 19.2 Å². The highest BCUT2D eigenvalue weighted by molar-refractivity contribution is 5.54. The fraction of sp³-hybridized carbons (Fsp3) is 0.167. The van der Waals surface area contributed by atoms with Crippen LogP contribution >= 0.6 is 0 Å². The molecule has 6 heteroatoms. The molecule has 0 aliphatic rings. The molecule has 3 rings (SSSR count). The molecule has 1 aromatic heterocycles. The zero-order valence-electron chi connectivity index (χ0n) is 13.3. The smallest absolute Gasteiger partial charge is 0.257 e. The van der Waals surface area contributed by atoms with Crippen molar-refractivity contribution in [2.45, 2.75) is 13.0 Å². The summed E-state index contributed by atoms with van der Waals surface area (Å²) in [5, 5.41) is 17.0. The maximum atomic E-state index is 8.92. The molecule has 0 N–H and O–H groups in total. The highest BCUT2D eigenvalue weighted by Gasteiger charge is 2.17. The highest BCUT2D eigenvalue weighted by Crippen LogP contribution is 2.25. The number of nitriles is 1. The van der Waals surface area contributed by atoms with Gasteiger partial charge in [0, 0.05) is 5.56 Å². The SMILES string of the molecule is COc1ccc(-c2nnc([C@@H](C)Oc3cccc(C#N)c3)o2)cc1. The monoisotopic (exact) mass is 321 g/mol. The van der Waals surface area contributed by atoms with Crippen LogP contribution in [0.25, 0.3) is 11.5 Å². The van der Waals surface area contributed by atoms with Gasteiger partial charge in [0.1, 0.15) is 11.5 Å². The van der Waals surface area contributed by atoms with Gasteiger partial charge in [-0.25, -0.2) is 0 Å². The van der Waals surface area contributed by atoms with Gasteiger partial charge in [-0.1, -0.05) is 6.07 Å². The Bertz CT molecular complexity index is 866. The highest BCUT2D eigenvalue weighted by atomic mass is 16.5. The van der Waals surface area contributed by atoms with Crippen molar-refractivity contribution < 1.29 is 13.9 Å². The second-order valence-corrected chi connectivity index (χ2v) is 5.07. The van der Waals surface area contributed by atoms with Crippen molar-refractivity contribution in [2.75, 3.05) is 7.11 Å². The van der Waals surface area contributed by atoms with Crippen molar-refractivity contribution >= 4 is 0 Å². The molecule has 3 aromatic rings. The lowest BCUT2D eigenvalue weighted by Crippen LogP contribution is -2.03. The first-order valence-corrected chi connectivity index (χ1v) is 7.34. The van der Waals surface area contributed by atoms with Gasteiger partial charge in [0.05, 0.1) is 18.7 Å². The van der Waals surface area contributed by atoms with Crippen LogP contribution in [-0.4, -0.2) is 17.3 Å². The average molecular weight is 321 g/mol. The zero-order valence-corrected chi connectivity index (χ0v) is 13.3. The first-order chi connectivity index (χ1) is 11.7. The van der Waals surface area contributed by atoms with Crippen molar-refractivity contribution in [1.29, 1.82) is 5.26 Å². The van der Waals surface area contributed by atoms with Crippen LogP contribution in [0.5, 0.6) is 11.5 Å². The molecule has 1 heterocycles. The minimum atomic E-state index is -0.432. The van der Waals surface area contributed by atoms with Gasteiger partial charge in [-0.15, -0.1) is 10.2 Å². The lowest BCUT2D eigenvalue weighted by atomic mass is 10.2. The molecule has 6 nitrogen and oxygen atoms in total. The molecule has 1 atom stereocenters. The lowest BCUT2D eigenvalue weighted by Gasteiger charge is -2.10. The van der Waals surface area contributed by atoms with Gasteiger partial charge in [-0.05, 0) is 49.4 Å². The second-order valence-electron chi connectivity index (χ2n) is 5.07. The van der Waals surface area contributed by atoms with Gasteiger partial charge in [0.25, 0.3) is 5.89 Å². The van der Waals surface area contributed by atoms with Crippen LogP contribution in [0.1, 0.15) is 24.5 Å². The average Bonchev–Trinajstić information content (AvgIpc) is 3.12. The van der Waals surface area contributed by atoms with Gasteiger partial charge in [-0.2, -0.15) is 5.26 Å². The van der Waals surface area contributed by atoms with Crippen molar-refractivity contribution in [3.8, 4) is 29.0 Å². The molecule has 0 bridgehead atoms. The van der Waals surface area contributed by atoms with E-state index in [2.05, 4.69) is 16.3 Å². The Labute approximate surface area is 139 Å². The molecule has 0 saturated carbocycles. The van der Waals surface area contributed by atoms with Gasteiger partial charge in [0.2, 0.25) is 5.89 Å². The Morgan fingerprint density at radius 2 is 1.88 bits per heavy atom. The summed E-state index contributed by atoms with van der Waals surface area (Å²) in [4.78, 5) is 0. The number of hydrogen-bond donors (Lipinski definition) is 0. The molecular weight excluding hydrogens is 306 g/mol. The molecule has 0 amide bonds. The van der Waals surface area contributed by atoms with Crippen LogP contribution in [-0.2, 0) is 0 Å². The first-order valence-electron chi connectivity index (χ1n) is 7.34. The molecular formula is C18H15N3O3. The minimum Gasteiger partial charge on any atom is -0.497 e. The summed E-state index contributed by atoms with van der Waals surface area (Å²) >= 11 is 0. The van der Waals surface area contributed by atoms with Gasteiger partial charge in [0.15, 0.2) is 6.10 Å². The molecule has 24 heavy (non-hydrogen) atoms. The molecule has 0 unspecified atom stereocenters. The predicted molar refractivity (Wildman–Crippen MR) is 86.5 cm³/mol. The van der Waals surface area contributed by atoms with Crippen LogP contribution in [0.15, 0.2) is 52.9 Å². The molecule has 0 spiro atoms. The Morgan fingerprint density at radius 1 is 1.08 bits per heavy atom. The number of rotatable bonds is 5. The summed E-state index contributed by atoms with van der Waals surface area (Å²) < 4.78 is 16.6. The summed E-state index contributed by atoms with van der Waals surface area (Å²) in [6, 6.07) is 16.3. The molecule has 0 aliphatic heterocycles. The number of benzene rings is 2. The third-order valence-corrected chi connectivity index (χ3v) is 3.40. The van der Waals surface area contributed by atoms with E-state index in [9.17, 15) is 0 Å². The van der Waals surface area contributed by atoms with Gasteiger partial charge in [-0.3, -0.25) is 0 Å². The quantitative estimate of drug-likeness (QED) is 0.711. The number of hydrogen-bond acceptors (Lipinski definition) is 6. The van der Waals surface area contributed by atoms with Crippen LogP contribution in [0, 0.1) is 11.3 Å². The van der Waals surface area contributed by atoms with E-state index < -0.39 is 6.10 Å². The summed E-state index contributed by atoms with van der Waals surface area (Å²) in [5.74, 6) is 2.11. The summed E-state index contributed by atoms with van der Waals surface area (Å²) in [6.07, 6.45) is -0.432. The summed E-state index contributed by atoms with van der Waals surface area (Å²) in [5.41, 5.74) is 1.33. The standard InChI is InChI=1S/C18H15N3O3/c1-12(23-16-5-3-4-13(10-16)11-19)17-20-21-18(24-17)14-6-8-15(22-2)9-7-14/h3-10,12H,1-2H3/t12-/m1/s1. The van der Waals surface area contributed by atoms with Gasteiger partial charge < -0.3 is 13.9 Å². The van der Waals surface area contributed by atoms with Crippen molar-refractivity contribution in [3.05, 3.63) is 60.0 Å². The predicted octanol–water partition coefficient (Wildman–Crippen LogP) is 3.76. The lowest BCUT2D eigenvalue weighted by molar-refractivity contribution is 0.189.